The normalized spacial score (nSPS) is 13.8. The van der Waals surface area contributed by atoms with Crippen LogP contribution in [0.3, 0.4) is 0 Å². The van der Waals surface area contributed by atoms with Crippen LogP contribution in [0, 0.1) is 0 Å². The number of nitrogens with zero attached hydrogens (tertiary/aromatic N) is 2. The van der Waals surface area contributed by atoms with Crippen molar-refractivity contribution in [3.8, 4) is 0 Å². The van der Waals surface area contributed by atoms with Crippen LogP contribution in [0.5, 0.6) is 0 Å². The maximum absolute atomic E-state index is 11.9. The summed E-state index contributed by atoms with van der Waals surface area (Å²) in [6, 6.07) is 9.21. The first-order valence-corrected chi connectivity index (χ1v) is 7.18. The number of likely N-dealkylation sites (N-methyl/N-ethyl adjacent to an activating group) is 1. The first-order valence-electron chi connectivity index (χ1n) is 6.80. The van der Waals surface area contributed by atoms with Crippen molar-refractivity contribution in [2.75, 3.05) is 6.54 Å². The van der Waals surface area contributed by atoms with Gasteiger partial charge in [0.1, 0.15) is 5.54 Å². The molecule has 1 aromatic heterocycles. The van der Waals surface area contributed by atoms with Gasteiger partial charge in [0, 0.05) is 19.2 Å². The lowest BCUT2D eigenvalue weighted by Crippen LogP contribution is -2.49. The van der Waals surface area contributed by atoms with Crippen LogP contribution in [0.25, 0.3) is 0 Å². The van der Waals surface area contributed by atoms with E-state index in [0.717, 1.165) is 5.56 Å². The number of aryl methyl sites for hydroxylation is 1. The average molecular weight is 308 g/mol. The number of benzene rings is 1. The molecule has 21 heavy (non-hydrogen) atoms. The third kappa shape index (κ3) is 3.43. The molecule has 2 rings (SSSR count). The minimum Gasteiger partial charge on any atom is -0.480 e. The fourth-order valence-corrected chi connectivity index (χ4v) is 2.56. The second kappa shape index (κ2) is 6.74. The Bertz CT molecular complexity index is 600. The molecular weight excluding hydrogens is 290 g/mol. The summed E-state index contributed by atoms with van der Waals surface area (Å²) in [5.74, 6) is -0.895. The van der Waals surface area contributed by atoms with Gasteiger partial charge in [0.15, 0.2) is 0 Å². The molecule has 0 spiro atoms. The van der Waals surface area contributed by atoms with Crippen molar-refractivity contribution in [2.24, 2.45) is 0 Å². The predicted octanol–water partition coefficient (Wildman–Crippen LogP) is 2.52. The van der Waals surface area contributed by atoms with Crippen molar-refractivity contribution in [1.82, 2.24) is 15.1 Å². The summed E-state index contributed by atoms with van der Waals surface area (Å²) in [7, 11) is 0. The van der Waals surface area contributed by atoms with Crippen LogP contribution < -0.4 is 5.32 Å². The standard InChI is InChI=1S/C15H18ClN3O2/c1-2-17-15(14(20)21,12-6-4-3-5-7-12)8-9-19-11-13(16)10-18-19/h3-7,10-11,17H,2,8-9H2,1H3,(H,20,21). The van der Waals surface area contributed by atoms with Gasteiger partial charge in [-0.2, -0.15) is 5.10 Å². The zero-order chi connectivity index (χ0) is 15.3. The number of carbonyl (C=O) groups is 1. The maximum atomic E-state index is 11.9. The summed E-state index contributed by atoms with van der Waals surface area (Å²) in [5.41, 5.74) is -0.397. The Morgan fingerprint density at radius 3 is 2.67 bits per heavy atom. The minimum absolute atomic E-state index is 0.373. The highest BCUT2D eigenvalue weighted by Crippen LogP contribution is 2.26. The van der Waals surface area contributed by atoms with E-state index < -0.39 is 11.5 Å². The van der Waals surface area contributed by atoms with Crippen LogP contribution in [0.2, 0.25) is 5.02 Å². The second-order valence-corrected chi connectivity index (χ2v) is 5.21. The monoisotopic (exact) mass is 307 g/mol. The lowest BCUT2D eigenvalue weighted by molar-refractivity contribution is -0.146. The van der Waals surface area contributed by atoms with E-state index in [4.69, 9.17) is 11.6 Å². The summed E-state index contributed by atoms with van der Waals surface area (Å²) >= 11 is 5.84. The quantitative estimate of drug-likeness (QED) is 0.825. The Morgan fingerprint density at radius 1 is 1.43 bits per heavy atom. The molecule has 112 valence electrons. The maximum Gasteiger partial charge on any atom is 0.328 e. The summed E-state index contributed by atoms with van der Waals surface area (Å²) in [6.07, 6.45) is 3.60. The van der Waals surface area contributed by atoms with E-state index in [-0.39, 0.29) is 0 Å². The smallest absolute Gasteiger partial charge is 0.328 e. The van der Waals surface area contributed by atoms with Crippen molar-refractivity contribution in [3.63, 3.8) is 0 Å². The average Bonchev–Trinajstić information content (AvgIpc) is 2.90. The number of aromatic nitrogens is 2. The number of carboxylic acids is 1. The molecule has 0 amide bonds. The summed E-state index contributed by atoms with van der Waals surface area (Å²) in [5, 5.41) is 17.5. The van der Waals surface area contributed by atoms with Gasteiger partial charge >= 0.3 is 5.97 Å². The van der Waals surface area contributed by atoms with Gasteiger partial charge < -0.3 is 5.11 Å². The third-order valence-corrected chi connectivity index (χ3v) is 3.62. The Morgan fingerprint density at radius 2 is 2.14 bits per heavy atom. The van der Waals surface area contributed by atoms with Gasteiger partial charge in [0.25, 0.3) is 0 Å². The third-order valence-electron chi connectivity index (χ3n) is 3.43. The molecule has 0 fully saturated rings. The van der Waals surface area contributed by atoms with Crippen molar-refractivity contribution in [2.45, 2.75) is 25.4 Å². The van der Waals surface area contributed by atoms with Gasteiger partial charge in [-0.3, -0.25) is 10.00 Å². The highest BCUT2D eigenvalue weighted by molar-refractivity contribution is 6.30. The fourth-order valence-electron chi connectivity index (χ4n) is 2.41. The molecule has 0 bridgehead atoms. The van der Waals surface area contributed by atoms with E-state index in [1.807, 2.05) is 37.3 Å². The highest BCUT2D eigenvalue weighted by atomic mass is 35.5. The molecule has 0 saturated heterocycles. The van der Waals surface area contributed by atoms with E-state index in [0.29, 0.717) is 24.5 Å². The molecule has 0 aliphatic rings. The van der Waals surface area contributed by atoms with Gasteiger partial charge in [0.2, 0.25) is 0 Å². The van der Waals surface area contributed by atoms with E-state index >= 15 is 0 Å². The SMILES string of the molecule is CCNC(CCn1cc(Cl)cn1)(C(=O)O)c1ccccc1. The lowest BCUT2D eigenvalue weighted by atomic mass is 9.86. The summed E-state index contributed by atoms with van der Waals surface area (Å²) in [6.45, 7) is 2.91. The largest absolute Gasteiger partial charge is 0.480 e. The van der Waals surface area contributed by atoms with Crippen LogP contribution in [0.15, 0.2) is 42.7 Å². The van der Waals surface area contributed by atoms with Gasteiger partial charge in [-0.25, -0.2) is 4.79 Å². The van der Waals surface area contributed by atoms with Crippen molar-refractivity contribution >= 4 is 17.6 Å². The van der Waals surface area contributed by atoms with Gasteiger partial charge in [0.05, 0.1) is 11.2 Å². The molecule has 1 heterocycles. The second-order valence-electron chi connectivity index (χ2n) is 4.78. The van der Waals surface area contributed by atoms with E-state index in [1.54, 1.807) is 17.1 Å². The van der Waals surface area contributed by atoms with E-state index in [9.17, 15) is 9.90 Å². The molecule has 0 aliphatic heterocycles. The summed E-state index contributed by atoms with van der Waals surface area (Å²) < 4.78 is 1.65. The molecule has 6 heteroatoms. The Labute approximate surface area is 128 Å². The molecular formula is C15H18ClN3O2. The van der Waals surface area contributed by atoms with Crippen molar-refractivity contribution in [3.05, 3.63) is 53.3 Å². The van der Waals surface area contributed by atoms with Crippen molar-refractivity contribution in [1.29, 1.82) is 0 Å². The molecule has 0 aliphatic carbocycles. The molecule has 0 saturated carbocycles. The first kappa shape index (κ1) is 15.5. The number of nitrogens with one attached hydrogen (secondary N) is 1. The van der Waals surface area contributed by atoms with Gasteiger partial charge in [-0.15, -0.1) is 0 Å². The zero-order valence-electron chi connectivity index (χ0n) is 11.8. The molecule has 1 unspecified atom stereocenters. The van der Waals surface area contributed by atoms with Crippen LogP contribution in [-0.4, -0.2) is 27.4 Å². The molecule has 2 N–H and O–H groups in total. The van der Waals surface area contributed by atoms with Crippen LogP contribution >= 0.6 is 11.6 Å². The fraction of sp³-hybridized carbons (Fsp3) is 0.333. The lowest BCUT2D eigenvalue weighted by Gasteiger charge is -2.31. The van der Waals surface area contributed by atoms with Crippen LogP contribution in [-0.2, 0) is 16.9 Å². The molecule has 1 aromatic carbocycles. The van der Waals surface area contributed by atoms with Crippen LogP contribution in [0.1, 0.15) is 18.9 Å². The molecule has 5 nitrogen and oxygen atoms in total. The number of hydrogen-bond acceptors (Lipinski definition) is 3. The predicted molar refractivity (Wildman–Crippen MR) is 81.3 cm³/mol. The first-order chi connectivity index (χ1) is 10.1. The number of halogens is 1. The van der Waals surface area contributed by atoms with E-state index in [1.165, 1.54) is 0 Å². The Balaban J connectivity index is 2.28. The Hall–Kier alpha value is -1.85. The molecule has 0 radical (unpaired) electrons. The minimum atomic E-state index is -1.13. The summed E-state index contributed by atoms with van der Waals surface area (Å²) in [4.78, 5) is 11.9. The van der Waals surface area contributed by atoms with E-state index in [2.05, 4.69) is 10.4 Å². The Kier molecular flexibility index (Phi) is 4.98. The topological polar surface area (TPSA) is 67.2 Å². The zero-order valence-corrected chi connectivity index (χ0v) is 12.5. The van der Waals surface area contributed by atoms with Gasteiger partial charge in [-0.1, -0.05) is 48.9 Å². The number of aliphatic carboxylic acids is 1. The molecule has 2 aromatic rings. The van der Waals surface area contributed by atoms with Crippen LogP contribution in [0.4, 0.5) is 0 Å². The van der Waals surface area contributed by atoms with Gasteiger partial charge in [-0.05, 0) is 12.1 Å². The van der Waals surface area contributed by atoms with Crippen molar-refractivity contribution < 1.29 is 9.90 Å². The molecule has 1 atom stereocenters. The highest BCUT2D eigenvalue weighted by Gasteiger charge is 2.39. The number of hydrogen-bond donors (Lipinski definition) is 2. The number of carboxylic acid groups (broad SMARTS) is 1. The number of rotatable bonds is 7.